The van der Waals surface area contributed by atoms with Crippen LogP contribution in [0.3, 0.4) is 0 Å². The van der Waals surface area contributed by atoms with Gasteiger partial charge in [-0.05, 0) is 29.0 Å². The molecule has 2 N–H and O–H groups in total. The van der Waals surface area contributed by atoms with Gasteiger partial charge < -0.3 is 10.5 Å². The summed E-state index contributed by atoms with van der Waals surface area (Å²) in [6.07, 6.45) is -5.61. The van der Waals surface area contributed by atoms with Gasteiger partial charge in [0.25, 0.3) is 11.5 Å². The number of thiophene rings is 1. The van der Waals surface area contributed by atoms with Gasteiger partial charge in [0.2, 0.25) is 0 Å². The fourth-order valence-electron chi connectivity index (χ4n) is 3.99. The molecule has 0 radical (unpaired) electrons. The predicted octanol–water partition coefficient (Wildman–Crippen LogP) is 3.92. The third-order valence-electron chi connectivity index (χ3n) is 6.44. The van der Waals surface area contributed by atoms with Crippen LogP contribution in [0.25, 0.3) is 21.5 Å². The summed E-state index contributed by atoms with van der Waals surface area (Å²) in [5.74, 6) is -5.56. The summed E-state index contributed by atoms with van der Waals surface area (Å²) < 4.78 is 78.4. The van der Waals surface area contributed by atoms with Crippen LogP contribution in [0.4, 0.5) is 22.0 Å². The molecule has 0 aliphatic rings. The number of aryl methyl sites for hydroxylation is 1. The number of benzene rings is 1. The first-order valence-electron chi connectivity index (χ1n) is 12.0. The number of esters is 1. The van der Waals surface area contributed by atoms with E-state index in [4.69, 9.17) is 10.5 Å². The van der Waals surface area contributed by atoms with Gasteiger partial charge in [0.05, 0.1) is 17.5 Å². The summed E-state index contributed by atoms with van der Waals surface area (Å²) in [7, 11) is 3.27. The highest BCUT2D eigenvalue weighted by molar-refractivity contribution is 7.17. The lowest BCUT2D eigenvalue weighted by Gasteiger charge is -2.17. The molecule has 1 atom stereocenters. The number of alkyl halides is 3. The molecule has 1 amide bonds. The molecule has 3 heterocycles. The molecule has 0 bridgehead atoms. The van der Waals surface area contributed by atoms with Crippen LogP contribution in [0.1, 0.15) is 25.0 Å². The van der Waals surface area contributed by atoms with E-state index in [9.17, 15) is 31.9 Å². The van der Waals surface area contributed by atoms with Crippen LogP contribution in [0, 0.1) is 17.6 Å². The van der Waals surface area contributed by atoms with E-state index in [0.29, 0.717) is 21.8 Å². The summed E-state index contributed by atoms with van der Waals surface area (Å²) in [5, 5.41) is 3.21. The number of rotatable bonds is 7. The van der Waals surface area contributed by atoms with Crippen molar-refractivity contribution >= 4 is 44.8 Å². The van der Waals surface area contributed by atoms with Crippen molar-refractivity contribution in [2.45, 2.75) is 39.2 Å². The molecule has 0 aliphatic carbocycles. The molecule has 0 spiro atoms. The van der Waals surface area contributed by atoms with Gasteiger partial charge in [0.1, 0.15) is 28.1 Å². The van der Waals surface area contributed by atoms with Gasteiger partial charge in [-0.3, -0.25) is 28.3 Å². The lowest BCUT2D eigenvalue weighted by Crippen LogP contribution is -2.37. The topological polar surface area (TPSA) is 114 Å². The number of halogens is 5. The Balaban J connectivity index is 1.78. The number of hydrogen-bond donors (Lipinski definition) is 1. The summed E-state index contributed by atoms with van der Waals surface area (Å²) in [4.78, 5) is 42.5. The Morgan fingerprint density at radius 1 is 1.10 bits per heavy atom. The minimum Gasteiger partial charge on any atom is -0.443 e. The molecule has 3 aromatic heterocycles. The third-order valence-corrected chi connectivity index (χ3v) is 8.39. The molecule has 0 saturated heterocycles. The predicted molar refractivity (Wildman–Crippen MR) is 142 cm³/mol. The third kappa shape index (κ3) is 5.76. The molecule has 4 rings (SSSR count). The fourth-order valence-corrected chi connectivity index (χ4v) is 5.96. The zero-order chi connectivity index (χ0) is 30.4. The van der Waals surface area contributed by atoms with Crippen LogP contribution >= 0.6 is 22.7 Å². The van der Waals surface area contributed by atoms with Crippen molar-refractivity contribution in [3.8, 4) is 11.3 Å². The molecule has 0 unspecified atom stereocenters. The van der Waals surface area contributed by atoms with Gasteiger partial charge in [-0.2, -0.15) is 18.2 Å². The molecule has 1 aromatic carbocycles. The quantitative estimate of drug-likeness (QED) is 0.250. The number of fused-ring (bicyclic) bond motifs is 1. The van der Waals surface area contributed by atoms with Crippen LogP contribution in [0.5, 0.6) is 0 Å². The number of nitrogens with zero attached hydrogens (tertiary/aromatic N) is 4. The van der Waals surface area contributed by atoms with Crippen LogP contribution in [-0.4, -0.2) is 31.8 Å². The minimum atomic E-state index is -5.33. The molecule has 16 heteroatoms. The molecule has 0 aliphatic heterocycles. The number of hydrogen-bond acceptors (Lipinski definition) is 7. The molecule has 4 aromatic rings. The highest BCUT2D eigenvalue weighted by Gasteiger charge is 2.39. The first kappa shape index (κ1) is 30.3. The molecule has 220 valence electrons. The second-order valence-corrected chi connectivity index (χ2v) is 11.1. The first-order valence-corrected chi connectivity index (χ1v) is 13.7. The Morgan fingerprint density at radius 2 is 1.78 bits per heavy atom. The van der Waals surface area contributed by atoms with Crippen molar-refractivity contribution in [3.63, 3.8) is 0 Å². The maximum atomic E-state index is 15.0. The zero-order valence-electron chi connectivity index (χ0n) is 22.1. The van der Waals surface area contributed by atoms with Gasteiger partial charge in [-0.25, -0.2) is 8.78 Å². The number of amides is 1. The van der Waals surface area contributed by atoms with E-state index in [1.54, 1.807) is 38.0 Å². The average Bonchev–Trinajstić information content (AvgIpc) is 3.53. The Kier molecular flexibility index (Phi) is 8.38. The normalized spacial score (nSPS) is 13.4. The Hall–Kier alpha value is -3.63. The fraction of sp³-hybridized carbons (Fsp3) is 0.360. The molecule has 9 nitrogen and oxygen atoms in total. The Labute approximate surface area is 236 Å². The highest BCUT2D eigenvalue weighted by atomic mass is 32.1. The SMILES string of the molecule is CC(C)[C@H](N)C(=O)OCn1c(-c2ccc(F)c(C(F)(F)F)c2F)csc1=NC(=O)Cc1csc2c1c(=O)n(C)n2C. The molecular formula is C25H24F5N5O4S2. The van der Waals surface area contributed by atoms with E-state index in [-0.39, 0.29) is 28.4 Å². The van der Waals surface area contributed by atoms with Crippen LogP contribution in [0.15, 0.2) is 32.7 Å². The van der Waals surface area contributed by atoms with Crippen molar-refractivity contribution < 1.29 is 36.3 Å². The van der Waals surface area contributed by atoms with E-state index < -0.39 is 53.6 Å². The van der Waals surface area contributed by atoms with Crippen molar-refractivity contribution in [2.24, 2.45) is 30.7 Å². The van der Waals surface area contributed by atoms with Gasteiger partial charge >= 0.3 is 12.1 Å². The number of carbonyl (C=O) groups excluding carboxylic acids is 2. The number of ether oxygens (including phenoxy) is 1. The van der Waals surface area contributed by atoms with E-state index in [1.807, 2.05) is 0 Å². The Morgan fingerprint density at radius 3 is 2.41 bits per heavy atom. The number of aromatic nitrogens is 3. The number of carbonyl (C=O) groups is 2. The summed E-state index contributed by atoms with van der Waals surface area (Å²) in [6, 6.07) is 0.237. The molecule has 0 fully saturated rings. The van der Waals surface area contributed by atoms with Gasteiger partial charge in [-0.15, -0.1) is 22.7 Å². The maximum absolute atomic E-state index is 15.0. The summed E-state index contributed by atoms with van der Waals surface area (Å²) in [6.45, 7) is 2.66. The minimum absolute atomic E-state index is 0.138. The van der Waals surface area contributed by atoms with Gasteiger partial charge in [0.15, 0.2) is 11.5 Å². The lowest BCUT2D eigenvalue weighted by atomic mass is 10.1. The lowest BCUT2D eigenvalue weighted by molar-refractivity contribution is -0.150. The average molecular weight is 618 g/mol. The van der Waals surface area contributed by atoms with E-state index in [2.05, 4.69) is 4.99 Å². The van der Waals surface area contributed by atoms with Crippen molar-refractivity contribution in [1.29, 1.82) is 0 Å². The number of thiazole rings is 1. The maximum Gasteiger partial charge on any atom is 0.422 e. The second-order valence-electron chi connectivity index (χ2n) is 9.45. The monoisotopic (exact) mass is 617 g/mol. The van der Waals surface area contributed by atoms with Gasteiger partial charge in [-0.1, -0.05) is 13.8 Å². The standard InChI is InChI=1S/C25H24F5N5O4S2/c1-11(2)20(31)23(38)39-10-35-15(13-5-6-14(26)18(19(13)27)25(28,29)30)9-41-24(35)32-16(36)7-12-8-40-22-17(12)21(37)33(3)34(22)4/h5-6,8-9,11,20H,7,10,31H2,1-4H3/t20-/m0/s1. The van der Waals surface area contributed by atoms with Crippen molar-refractivity contribution in [3.05, 3.63) is 60.8 Å². The Bertz CT molecular complexity index is 1780. The van der Waals surface area contributed by atoms with Crippen molar-refractivity contribution in [1.82, 2.24) is 13.9 Å². The van der Waals surface area contributed by atoms with Gasteiger partial charge in [0, 0.05) is 25.0 Å². The largest absolute Gasteiger partial charge is 0.443 e. The smallest absolute Gasteiger partial charge is 0.422 e. The van der Waals surface area contributed by atoms with E-state index in [0.717, 1.165) is 22.0 Å². The molecular weight excluding hydrogens is 593 g/mol. The van der Waals surface area contributed by atoms with Crippen molar-refractivity contribution in [2.75, 3.05) is 0 Å². The second kappa shape index (κ2) is 11.3. The van der Waals surface area contributed by atoms with Crippen LogP contribution < -0.4 is 16.1 Å². The first-order chi connectivity index (χ1) is 19.1. The zero-order valence-corrected chi connectivity index (χ0v) is 23.7. The highest BCUT2D eigenvalue weighted by Crippen LogP contribution is 2.37. The van der Waals surface area contributed by atoms with Crippen LogP contribution in [-0.2, 0) is 47.7 Å². The number of nitrogens with two attached hydrogens (primary N) is 1. The van der Waals surface area contributed by atoms with Crippen LogP contribution in [0.2, 0.25) is 0 Å². The van der Waals surface area contributed by atoms with E-state index >= 15 is 4.39 Å². The molecule has 41 heavy (non-hydrogen) atoms. The summed E-state index contributed by atoms with van der Waals surface area (Å²) in [5.41, 5.74) is 2.94. The molecule has 0 saturated carbocycles. The summed E-state index contributed by atoms with van der Waals surface area (Å²) >= 11 is 2.02. The van der Waals surface area contributed by atoms with E-state index in [1.165, 1.54) is 21.4 Å².